The summed E-state index contributed by atoms with van der Waals surface area (Å²) in [7, 11) is 0. The van der Waals surface area contributed by atoms with Gasteiger partial charge < -0.3 is 16.0 Å². The number of nitrogen functional groups attached to an aromatic ring is 1. The Hall–Kier alpha value is -2.27. The number of halogens is 1. The molecule has 0 saturated heterocycles. The van der Waals surface area contributed by atoms with Gasteiger partial charge in [0, 0.05) is 30.0 Å². The zero-order valence-electron chi connectivity index (χ0n) is 11.4. The minimum atomic E-state index is -0.290. The van der Waals surface area contributed by atoms with E-state index >= 15 is 0 Å². The second kappa shape index (κ2) is 6.45. The van der Waals surface area contributed by atoms with Crippen molar-refractivity contribution in [2.75, 3.05) is 18.8 Å². The zero-order valence-corrected chi connectivity index (χ0v) is 12.2. The van der Waals surface area contributed by atoms with Crippen LogP contribution in [0.25, 0.3) is 0 Å². The topological polar surface area (TPSA) is 75.4 Å². The van der Waals surface area contributed by atoms with E-state index in [1.807, 2.05) is 0 Å². The molecule has 21 heavy (non-hydrogen) atoms. The van der Waals surface area contributed by atoms with Crippen LogP contribution >= 0.6 is 11.6 Å². The minimum absolute atomic E-state index is 0.0252. The molecule has 0 fully saturated rings. The fraction of sp³-hybridized carbons (Fsp3) is 0.200. The molecule has 0 radical (unpaired) electrons. The second-order valence-corrected chi connectivity index (χ2v) is 5.16. The lowest BCUT2D eigenvalue weighted by Gasteiger charge is -2.22. The zero-order chi connectivity index (χ0) is 15.4. The van der Waals surface area contributed by atoms with Crippen LogP contribution in [0.4, 0.5) is 5.69 Å². The van der Waals surface area contributed by atoms with Crippen LogP contribution in [0.1, 0.15) is 16.8 Å². The summed E-state index contributed by atoms with van der Waals surface area (Å²) in [5, 5.41) is 3.21. The first-order valence-electron chi connectivity index (χ1n) is 6.46. The van der Waals surface area contributed by atoms with Crippen LogP contribution in [0.5, 0.6) is 0 Å². The highest BCUT2D eigenvalue weighted by Gasteiger charge is 2.16. The van der Waals surface area contributed by atoms with E-state index in [4.69, 9.17) is 17.3 Å². The van der Waals surface area contributed by atoms with Gasteiger partial charge in [0.25, 0.3) is 5.91 Å². The quantitative estimate of drug-likeness (QED) is 0.835. The molecule has 0 atom stereocenters. The maximum absolute atomic E-state index is 12.0. The van der Waals surface area contributed by atoms with Gasteiger partial charge in [-0.3, -0.25) is 9.59 Å². The van der Waals surface area contributed by atoms with Crippen LogP contribution in [-0.4, -0.2) is 29.8 Å². The molecule has 110 valence electrons. The lowest BCUT2D eigenvalue weighted by Crippen LogP contribution is -2.36. The van der Waals surface area contributed by atoms with E-state index in [1.54, 1.807) is 29.3 Å². The number of nitrogens with zero attached hydrogens (tertiary/aromatic N) is 1. The van der Waals surface area contributed by atoms with Crippen LogP contribution in [0.2, 0.25) is 5.02 Å². The van der Waals surface area contributed by atoms with E-state index in [9.17, 15) is 9.59 Å². The summed E-state index contributed by atoms with van der Waals surface area (Å²) in [5.74, 6) is -0.315. The highest BCUT2D eigenvalue weighted by Crippen LogP contribution is 2.17. The molecule has 0 aliphatic carbocycles. The van der Waals surface area contributed by atoms with Crippen LogP contribution in [0, 0.1) is 0 Å². The van der Waals surface area contributed by atoms with Crippen molar-refractivity contribution >= 4 is 29.1 Å². The molecule has 1 aliphatic rings. The smallest absolute Gasteiger partial charge is 0.253 e. The Balaban J connectivity index is 1.88. The summed E-state index contributed by atoms with van der Waals surface area (Å²) in [4.78, 5) is 25.2. The molecule has 0 bridgehead atoms. The van der Waals surface area contributed by atoms with Crippen molar-refractivity contribution < 1.29 is 9.59 Å². The molecule has 2 rings (SSSR count). The molecule has 1 aromatic carbocycles. The third-order valence-corrected chi connectivity index (χ3v) is 3.32. The van der Waals surface area contributed by atoms with E-state index in [0.717, 1.165) is 5.57 Å². The second-order valence-electron chi connectivity index (χ2n) is 4.73. The number of carbonyl (C=O) groups excluding carboxylic acids is 2. The average molecular weight is 306 g/mol. The molecule has 0 spiro atoms. The number of anilines is 1. The normalized spacial score (nSPS) is 14.4. The SMILES string of the molecule is C=C1C=CN(CCNC(=O)c2ccc(Cl)cc2N)C(=O)C1. The molecule has 1 aliphatic heterocycles. The number of benzene rings is 1. The summed E-state index contributed by atoms with van der Waals surface area (Å²) < 4.78 is 0. The van der Waals surface area contributed by atoms with Crippen LogP contribution in [0.3, 0.4) is 0 Å². The van der Waals surface area contributed by atoms with Gasteiger partial charge in [-0.1, -0.05) is 18.2 Å². The van der Waals surface area contributed by atoms with Crippen LogP contribution in [-0.2, 0) is 4.79 Å². The van der Waals surface area contributed by atoms with Crippen LogP contribution in [0.15, 0.2) is 42.6 Å². The predicted octanol–water partition coefficient (Wildman–Crippen LogP) is 1.95. The Kier molecular flexibility index (Phi) is 4.65. The number of amides is 2. The number of rotatable bonds is 4. The Labute approximate surface area is 128 Å². The van der Waals surface area contributed by atoms with Gasteiger partial charge in [-0.05, 0) is 29.8 Å². The Morgan fingerprint density at radius 3 is 2.90 bits per heavy atom. The van der Waals surface area contributed by atoms with Gasteiger partial charge in [-0.2, -0.15) is 0 Å². The molecule has 5 nitrogen and oxygen atoms in total. The monoisotopic (exact) mass is 305 g/mol. The summed E-state index contributed by atoms with van der Waals surface area (Å²) >= 11 is 5.78. The van der Waals surface area contributed by atoms with Crippen molar-refractivity contribution in [2.45, 2.75) is 6.42 Å². The molecule has 1 aromatic rings. The van der Waals surface area contributed by atoms with Gasteiger partial charge in [-0.25, -0.2) is 0 Å². The molecular formula is C15H16ClN3O2. The van der Waals surface area contributed by atoms with Crippen molar-refractivity contribution in [2.24, 2.45) is 0 Å². The van der Waals surface area contributed by atoms with Crippen molar-refractivity contribution in [1.29, 1.82) is 0 Å². The first kappa shape index (κ1) is 15.1. The Bertz CT molecular complexity index is 625. The number of allylic oxidation sites excluding steroid dienone is 1. The summed E-state index contributed by atoms with van der Waals surface area (Å²) in [6.45, 7) is 4.48. The number of nitrogens with one attached hydrogen (secondary N) is 1. The molecular weight excluding hydrogens is 290 g/mol. The summed E-state index contributed by atoms with van der Waals surface area (Å²) in [6.07, 6.45) is 3.78. The third kappa shape index (κ3) is 3.86. The molecule has 6 heteroatoms. The fourth-order valence-corrected chi connectivity index (χ4v) is 2.14. The Morgan fingerprint density at radius 1 is 1.48 bits per heavy atom. The first-order chi connectivity index (χ1) is 9.97. The molecule has 0 aromatic heterocycles. The standard InChI is InChI=1S/C15H16ClN3O2/c1-10-4-6-19(14(20)8-10)7-5-18-15(21)12-3-2-11(16)9-13(12)17/h2-4,6,9H,1,5,7-8,17H2,(H,18,21). The number of carbonyl (C=O) groups is 2. The van der Waals surface area contributed by atoms with Crippen molar-refractivity contribution in [3.8, 4) is 0 Å². The lowest BCUT2D eigenvalue weighted by atomic mass is 10.1. The molecule has 0 unspecified atom stereocenters. The minimum Gasteiger partial charge on any atom is -0.398 e. The highest BCUT2D eigenvalue weighted by atomic mass is 35.5. The molecule has 1 heterocycles. The number of nitrogens with two attached hydrogens (primary N) is 1. The van der Waals surface area contributed by atoms with Gasteiger partial charge in [0.05, 0.1) is 12.0 Å². The molecule has 0 saturated carbocycles. The van der Waals surface area contributed by atoms with E-state index in [2.05, 4.69) is 11.9 Å². The van der Waals surface area contributed by atoms with Gasteiger partial charge in [0.15, 0.2) is 0 Å². The molecule has 3 N–H and O–H groups in total. The Morgan fingerprint density at radius 2 is 2.24 bits per heavy atom. The fourth-order valence-electron chi connectivity index (χ4n) is 1.96. The average Bonchev–Trinajstić information content (AvgIpc) is 2.41. The van der Waals surface area contributed by atoms with Crippen molar-refractivity contribution in [3.05, 3.63) is 53.2 Å². The van der Waals surface area contributed by atoms with Gasteiger partial charge in [0.2, 0.25) is 5.91 Å². The van der Waals surface area contributed by atoms with E-state index < -0.39 is 0 Å². The number of hydrogen-bond donors (Lipinski definition) is 2. The maximum Gasteiger partial charge on any atom is 0.253 e. The van der Waals surface area contributed by atoms with E-state index in [1.165, 1.54) is 6.07 Å². The van der Waals surface area contributed by atoms with E-state index in [-0.39, 0.29) is 11.8 Å². The van der Waals surface area contributed by atoms with E-state index in [0.29, 0.717) is 35.8 Å². The lowest BCUT2D eigenvalue weighted by molar-refractivity contribution is -0.128. The third-order valence-electron chi connectivity index (χ3n) is 3.09. The molecule has 2 amide bonds. The predicted molar refractivity (Wildman–Crippen MR) is 82.8 cm³/mol. The van der Waals surface area contributed by atoms with Crippen molar-refractivity contribution in [1.82, 2.24) is 10.2 Å². The summed E-state index contributed by atoms with van der Waals surface area (Å²) in [5.41, 5.74) is 7.22. The maximum atomic E-state index is 12.0. The van der Waals surface area contributed by atoms with Crippen LogP contribution < -0.4 is 11.1 Å². The summed E-state index contributed by atoms with van der Waals surface area (Å²) in [6, 6.07) is 4.71. The van der Waals surface area contributed by atoms with Gasteiger partial charge in [-0.15, -0.1) is 0 Å². The highest BCUT2D eigenvalue weighted by molar-refractivity contribution is 6.31. The van der Waals surface area contributed by atoms with Gasteiger partial charge in [0.1, 0.15) is 0 Å². The number of hydrogen-bond acceptors (Lipinski definition) is 3. The largest absolute Gasteiger partial charge is 0.398 e. The van der Waals surface area contributed by atoms with Gasteiger partial charge >= 0.3 is 0 Å². The first-order valence-corrected chi connectivity index (χ1v) is 6.84. The van der Waals surface area contributed by atoms with Crippen molar-refractivity contribution in [3.63, 3.8) is 0 Å².